The van der Waals surface area contributed by atoms with E-state index in [2.05, 4.69) is 35.8 Å². The summed E-state index contributed by atoms with van der Waals surface area (Å²) in [7, 11) is 4.35. The Kier molecular flexibility index (Phi) is 4.25. The Morgan fingerprint density at radius 2 is 2.28 bits per heavy atom. The number of anilines is 1. The van der Waals surface area contributed by atoms with Crippen molar-refractivity contribution in [1.29, 1.82) is 0 Å². The molecule has 0 aromatic carbocycles. The largest absolute Gasteiger partial charge is 0.347 e. The third-order valence-electron chi connectivity index (χ3n) is 3.68. The highest BCUT2D eigenvalue weighted by Crippen LogP contribution is 2.31. The van der Waals surface area contributed by atoms with Crippen molar-refractivity contribution in [2.24, 2.45) is 5.73 Å². The molecule has 0 saturated carbocycles. The third-order valence-corrected chi connectivity index (χ3v) is 5.13. The SMILES string of the molecule is Cc1nc(N(C)C2CCCN(C)C2)sc1C(C)N. The average Bonchev–Trinajstić information content (AvgIpc) is 2.70. The minimum Gasteiger partial charge on any atom is -0.347 e. The summed E-state index contributed by atoms with van der Waals surface area (Å²) in [4.78, 5) is 10.6. The standard InChI is InChI=1S/C13H24N4S/c1-9(14)12-10(2)15-13(18-12)17(4)11-6-5-7-16(3)8-11/h9,11H,5-8,14H2,1-4H3. The fourth-order valence-electron chi connectivity index (χ4n) is 2.58. The molecule has 0 radical (unpaired) electrons. The van der Waals surface area contributed by atoms with Gasteiger partial charge in [-0.2, -0.15) is 0 Å². The van der Waals surface area contributed by atoms with E-state index in [-0.39, 0.29) is 6.04 Å². The quantitative estimate of drug-likeness (QED) is 0.911. The monoisotopic (exact) mass is 268 g/mol. The number of nitrogens with zero attached hydrogens (tertiary/aromatic N) is 3. The van der Waals surface area contributed by atoms with Crippen LogP contribution in [0.5, 0.6) is 0 Å². The minimum absolute atomic E-state index is 0.0821. The molecule has 0 spiro atoms. The Labute approximate surface area is 114 Å². The number of likely N-dealkylation sites (N-methyl/N-ethyl adjacent to an activating group) is 2. The summed E-state index contributed by atoms with van der Waals surface area (Å²) in [6.07, 6.45) is 2.53. The molecule has 0 bridgehead atoms. The second-order valence-corrected chi connectivity index (χ2v) is 6.41. The average molecular weight is 268 g/mol. The van der Waals surface area contributed by atoms with Gasteiger partial charge in [0.05, 0.1) is 5.69 Å². The lowest BCUT2D eigenvalue weighted by Gasteiger charge is -2.35. The molecule has 1 aromatic rings. The van der Waals surface area contributed by atoms with E-state index in [1.165, 1.54) is 24.3 Å². The van der Waals surface area contributed by atoms with Gasteiger partial charge in [-0.25, -0.2) is 4.98 Å². The lowest BCUT2D eigenvalue weighted by molar-refractivity contribution is 0.248. The highest BCUT2D eigenvalue weighted by Gasteiger charge is 2.24. The first-order chi connectivity index (χ1) is 8.49. The van der Waals surface area contributed by atoms with Crippen molar-refractivity contribution in [2.75, 3.05) is 32.1 Å². The van der Waals surface area contributed by atoms with Crippen molar-refractivity contribution in [1.82, 2.24) is 9.88 Å². The molecule has 1 fully saturated rings. The maximum Gasteiger partial charge on any atom is 0.185 e. The summed E-state index contributed by atoms with van der Waals surface area (Å²) in [5.41, 5.74) is 7.06. The molecule has 1 aromatic heterocycles. The zero-order valence-electron chi connectivity index (χ0n) is 11.8. The first-order valence-corrected chi connectivity index (χ1v) is 7.45. The number of hydrogen-bond donors (Lipinski definition) is 1. The van der Waals surface area contributed by atoms with E-state index >= 15 is 0 Å². The number of thiazole rings is 1. The van der Waals surface area contributed by atoms with Gasteiger partial charge in [-0.3, -0.25) is 0 Å². The second kappa shape index (κ2) is 5.55. The number of hydrogen-bond acceptors (Lipinski definition) is 5. The molecule has 1 aliphatic rings. The van der Waals surface area contributed by atoms with Gasteiger partial charge in [0.2, 0.25) is 0 Å². The summed E-state index contributed by atoms with van der Waals surface area (Å²) in [6.45, 7) is 6.42. The van der Waals surface area contributed by atoms with Crippen molar-refractivity contribution >= 4 is 16.5 Å². The number of rotatable bonds is 3. The Morgan fingerprint density at radius 3 is 2.83 bits per heavy atom. The lowest BCUT2D eigenvalue weighted by Crippen LogP contribution is -2.45. The summed E-state index contributed by atoms with van der Waals surface area (Å²) in [5, 5.41) is 1.11. The van der Waals surface area contributed by atoms with E-state index in [9.17, 15) is 0 Å². The fraction of sp³-hybridized carbons (Fsp3) is 0.769. The van der Waals surface area contributed by atoms with E-state index in [1.807, 2.05) is 6.92 Å². The number of nitrogens with two attached hydrogens (primary N) is 1. The minimum atomic E-state index is 0.0821. The molecule has 0 aliphatic carbocycles. The number of aromatic nitrogens is 1. The van der Waals surface area contributed by atoms with E-state index in [1.54, 1.807) is 11.3 Å². The summed E-state index contributed by atoms with van der Waals surface area (Å²) in [6, 6.07) is 0.661. The number of likely N-dealkylation sites (tertiary alicyclic amines) is 1. The van der Waals surface area contributed by atoms with Gasteiger partial charge >= 0.3 is 0 Å². The van der Waals surface area contributed by atoms with Crippen LogP contribution in [0.4, 0.5) is 5.13 Å². The van der Waals surface area contributed by atoms with E-state index in [4.69, 9.17) is 5.73 Å². The van der Waals surface area contributed by atoms with Crippen LogP contribution in [0.2, 0.25) is 0 Å². The van der Waals surface area contributed by atoms with Crippen molar-refractivity contribution in [2.45, 2.75) is 38.8 Å². The summed E-state index contributed by atoms with van der Waals surface area (Å²) in [5.74, 6) is 0. The van der Waals surface area contributed by atoms with Crippen LogP contribution in [0.15, 0.2) is 0 Å². The Morgan fingerprint density at radius 1 is 1.56 bits per heavy atom. The topological polar surface area (TPSA) is 45.4 Å². The molecule has 102 valence electrons. The highest BCUT2D eigenvalue weighted by atomic mass is 32.1. The van der Waals surface area contributed by atoms with Crippen molar-refractivity contribution in [3.63, 3.8) is 0 Å². The lowest BCUT2D eigenvalue weighted by atomic mass is 10.1. The van der Waals surface area contributed by atoms with Crippen LogP contribution >= 0.6 is 11.3 Å². The molecule has 0 amide bonds. The first-order valence-electron chi connectivity index (χ1n) is 6.63. The van der Waals surface area contributed by atoms with Crippen molar-refractivity contribution < 1.29 is 0 Å². The molecule has 1 aliphatic heterocycles. The smallest absolute Gasteiger partial charge is 0.185 e. The van der Waals surface area contributed by atoms with E-state index < -0.39 is 0 Å². The van der Waals surface area contributed by atoms with Crippen LogP contribution in [-0.2, 0) is 0 Å². The zero-order chi connectivity index (χ0) is 13.3. The molecular formula is C13H24N4S. The van der Waals surface area contributed by atoms with E-state index in [0.29, 0.717) is 6.04 Å². The van der Waals surface area contributed by atoms with Crippen LogP contribution in [0.3, 0.4) is 0 Å². The van der Waals surface area contributed by atoms with Crippen LogP contribution in [-0.4, -0.2) is 43.1 Å². The first kappa shape index (κ1) is 13.8. The van der Waals surface area contributed by atoms with Crippen molar-refractivity contribution in [3.8, 4) is 0 Å². The molecule has 2 unspecified atom stereocenters. The second-order valence-electron chi connectivity index (χ2n) is 5.40. The molecule has 2 rings (SSSR count). The van der Waals surface area contributed by atoms with Gasteiger partial charge in [0, 0.05) is 30.6 Å². The summed E-state index contributed by atoms with van der Waals surface area (Å²) >= 11 is 1.74. The highest BCUT2D eigenvalue weighted by molar-refractivity contribution is 7.15. The molecule has 2 heterocycles. The maximum atomic E-state index is 5.97. The molecular weight excluding hydrogens is 244 g/mol. The van der Waals surface area contributed by atoms with Gasteiger partial charge in [-0.15, -0.1) is 11.3 Å². The van der Waals surface area contributed by atoms with Crippen LogP contribution in [0.1, 0.15) is 36.4 Å². The zero-order valence-corrected chi connectivity index (χ0v) is 12.6. The van der Waals surface area contributed by atoms with Gasteiger partial charge in [0.25, 0.3) is 0 Å². The molecule has 4 nitrogen and oxygen atoms in total. The number of aryl methyl sites for hydroxylation is 1. The normalized spacial score (nSPS) is 23.1. The van der Waals surface area contributed by atoms with Gasteiger partial charge in [-0.05, 0) is 40.3 Å². The third kappa shape index (κ3) is 2.84. The maximum absolute atomic E-state index is 5.97. The molecule has 2 atom stereocenters. The predicted octanol–water partition coefficient (Wildman–Crippen LogP) is 2.00. The van der Waals surface area contributed by atoms with Crippen LogP contribution in [0.25, 0.3) is 0 Å². The van der Waals surface area contributed by atoms with E-state index in [0.717, 1.165) is 17.4 Å². The van der Waals surface area contributed by atoms with Gasteiger partial charge in [-0.1, -0.05) is 0 Å². The Hall–Kier alpha value is -0.650. The van der Waals surface area contributed by atoms with Gasteiger partial charge in [0.15, 0.2) is 5.13 Å². The fourth-order valence-corrected chi connectivity index (χ4v) is 3.63. The Balaban J connectivity index is 2.13. The van der Waals surface area contributed by atoms with Crippen LogP contribution < -0.4 is 10.6 Å². The molecule has 18 heavy (non-hydrogen) atoms. The summed E-state index contributed by atoms with van der Waals surface area (Å²) < 4.78 is 0. The van der Waals surface area contributed by atoms with Crippen molar-refractivity contribution in [3.05, 3.63) is 10.6 Å². The van der Waals surface area contributed by atoms with Crippen LogP contribution in [0, 0.1) is 6.92 Å². The predicted molar refractivity (Wildman–Crippen MR) is 78.4 cm³/mol. The Bertz CT molecular complexity index is 402. The molecule has 1 saturated heterocycles. The van der Waals surface area contributed by atoms with Gasteiger partial charge < -0.3 is 15.5 Å². The number of piperidine rings is 1. The van der Waals surface area contributed by atoms with Gasteiger partial charge in [0.1, 0.15) is 0 Å². The molecule has 2 N–H and O–H groups in total. The molecule has 5 heteroatoms.